The van der Waals surface area contributed by atoms with Gasteiger partial charge in [0.05, 0.1) is 23.8 Å². The summed E-state index contributed by atoms with van der Waals surface area (Å²) in [6, 6.07) is 8.00. The molecule has 2 aromatic rings. The molecule has 0 aliphatic rings. The van der Waals surface area contributed by atoms with Crippen molar-refractivity contribution in [1.29, 1.82) is 0 Å². The van der Waals surface area contributed by atoms with Crippen molar-refractivity contribution in [1.82, 2.24) is 0 Å². The van der Waals surface area contributed by atoms with Crippen LogP contribution in [-0.4, -0.2) is 20.5 Å². The van der Waals surface area contributed by atoms with E-state index in [0.29, 0.717) is 16.3 Å². The van der Waals surface area contributed by atoms with Crippen molar-refractivity contribution in [3.8, 4) is 5.75 Å². The lowest BCUT2D eigenvalue weighted by Gasteiger charge is -2.13. The molecule has 2 rings (SSSR count). The Labute approximate surface area is 138 Å². The highest BCUT2D eigenvalue weighted by Gasteiger charge is 2.23. The molecule has 7 nitrogen and oxygen atoms in total. The van der Waals surface area contributed by atoms with Crippen LogP contribution in [0.15, 0.2) is 41.3 Å². The predicted octanol–water partition coefficient (Wildman–Crippen LogP) is 3.37. The minimum atomic E-state index is -3.97. The van der Waals surface area contributed by atoms with Gasteiger partial charge in [-0.25, -0.2) is 8.42 Å². The van der Waals surface area contributed by atoms with E-state index in [9.17, 15) is 18.5 Å². The molecule has 0 amide bonds. The fraction of sp³-hybridized carbons (Fsp3) is 0.143. The van der Waals surface area contributed by atoms with E-state index in [0.717, 1.165) is 18.2 Å². The first-order valence-electron chi connectivity index (χ1n) is 6.36. The zero-order valence-electron chi connectivity index (χ0n) is 12.2. The van der Waals surface area contributed by atoms with Crippen LogP contribution in [0, 0.1) is 17.0 Å². The lowest BCUT2D eigenvalue weighted by Crippen LogP contribution is -2.15. The molecule has 0 radical (unpaired) electrons. The highest BCUT2D eigenvalue weighted by molar-refractivity contribution is 7.92. The van der Waals surface area contributed by atoms with Crippen LogP contribution in [0.25, 0.3) is 0 Å². The van der Waals surface area contributed by atoms with E-state index >= 15 is 0 Å². The number of rotatable bonds is 5. The van der Waals surface area contributed by atoms with Crippen LogP contribution >= 0.6 is 11.6 Å². The summed E-state index contributed by atoms with van der Waals surface area (Å²) in [6.07, 6.45) is 0. The van der Waals surface area contributed by atoms with Crippen LogP contribution in [0.4, 0.5) is 11.4 Å². The Bertz CT molecular complexity index is 867. The first-order chi connectivity index (χ1) is 10.7. The van der Waals surface area contributed by atoms with Crippen LogP contribution in [0.3, 0.4) is 0 Å². The van der Waals surface area contributed by atoms with E-state index in [4.69, 9.17) is 16.3 Å². The molecule has 0 aliphatic heterocycles. The van der Waals surface area contributed by atoms with Gasteiger partial charge < -0.3 is 4.74 Å². The van der Waals surface area contributed by atoms with Gasteiger partial charge in [-0.15, -0.1) is 0 Å². The van der Waals surface area contributed by atoms with Gasteiger partial charge in [-0.2, -0.15) is 0 Å². The van der Waals surface area contributed by atoms with E-state index in [1.54, 1.807) is 19.1 Å². The summed E-state index contributed by atoms with van der Waals surface area (Å²) in [6.45, 7) is 1.71. The highest BCUT2D eigenvalue weighted by Crippen LogP contribution is 2.30. The van der Waals surface area contributed by atoms with Gasteiger partial charge in [-0.3, -0.25) is 14.8 Å². The number of aryl methyl sites for hydroxylation is 1. The number of anilines is 1. The number of nitrogens with one attached hydrogen (secondary N) is 1. The Morgan fingerprint density at radius 3 is 2.48 bits per heavy atom. The first kappa shape index (κ1) is 17.0. The van der Waals surface area contributed by atoms with Crippen LogP contribution in [0.1, 0.15) is 5.56 Å². The molecule has 0 saturated heterocycles. The van der Waals surface area contributed by atoms with Crippen molar-refractivity contribution in [2.75, 3.05) is 11.8 Å². The Morgan fingerprint density at radius 2 is 1.91 bits per heavy atom. The maximum atomic E-state index is 12.5. The molecule has 1 N–H and O–H groups in total. The second kappa shape index (κ2) is 6.43. The van der Waals surface area contributed by atoms with Gasteiger partial charge in [0.15, 0.2) is 0 Å². The summed E-state index contributed by atoms with van der Waals surface area (Å²) < 4.78 is 32.4. The zero-order chi connectivity index (χ0) is 17.2. The molecule has 23 heavy (non-hydrogen) atoms. The van der Waals surface area contributed by atoms with Gasteiger partial charge >= 0.3 is 0 Å². The summed E-state index contributed by atoms with van der Waals surface area (Å²) in [7, 11) is -2.73. The number of sulfonamides is 1. The lowest BCUT2D eigenvalue weighted by atomic mass is 10.2. The maximum absolute atomic E-state index is 12.5. The third kappa shape index (κ3) is 3.72. The molecular formula is C14H13ClN2O5S. The predicted molar refractivity (Wildman–Crippen MR) is 86.6 cm³/mol. The van der Waals surface area contributed by atoms with Crippen molar-refractivity contribution in [3.05, 3.63) is 57.1 Å². The van der Waals surface area contributed by atoms with Gasteiger partial charge in [0.2, 0.25) is 0 Å². The maximum Gasteiger partial charge on any atom is 0.273 e. The third-order valence-corrected chi connectivity index (χ3v) is 4.72. The molecule has 0 unspecified atom stereocenters. The largest absolute Gasteiger partial charge is 0.495 e. The summed E-state index contributed by atoms with van der Waals surface area (Å²) >= 11 is 5.84. The Kier molecular flexibility index (Phi) is 4.76. The number of nitrogens with zero attached hydrogens (tertiary/aromatic N) is 1. The number of hydrogen-bond donors (Lipinski definition) is 1. The third-order valence-electron chi connectivity index (χ3n) is 3.08. The van der Waals surface area contributed by atoms with Crippen molar-refractivity contribution >= 4 is 33.0 Å². The minimum absolute atomic E-state index is 0.113. The molecule has 0 atom stereocenters. The summed E-state index contributed by atoms with van der Waals surface area (Å²) in [5.74, 6) is -0.113. The van der Waals surface area contributed by atoms with E-state index < -0.39 is 14.9 Å². The molecular weight excluding hydrogens is 344 g/mol. The van der Waals surface area contributed by atoms with E-state index in [-0.39, 0.29) is 16.3 Å². The molecule has 0 aliphatic carbocycles. The van der Waals surface area contributed by atoms with E-state index in [2.05, 4.69) is 4.72 Å². The molecule has 122 valence electrons. The number of nitro benzene ring substituents is 1. The van der Waals surface area contributed by atoms with Crippen molar-refractivity contribution in [2.24, 2.45) is 0 Å². The summed E-state index contributed by atoms with van der Waals surface area (Å²) in [5, 5.41) is 11.3. The van der Waals surface area contributed by atoms with Crippen LogP contribution in [-0.2, 0) is 10.0 Å². The molecule has 0 fully saturated rings. The summed E-state index contributed by atoms with van der Waals surface area (Å²) in [5.41, 5.74) is 0.736. The smallest absolute Gasteiger partial charge is 0.273 e. The second-order valence-corrected chi connectivity index (χ2v) is 6.74. The molecule has 0 bridgehead atoms. The standard InChI is InChI=1S/C14H13ClN2O5S/c1-9-7-10(15)3-5-12(9)16-23(20,21)14-6-4-11(17(18)19)8-13(14)22-2/h3-8,16H,1-2H3. The fourth-order valence-electron chi connectivity index (χ4n) is 1.93. The minimum Gasteiger partial charge on any atom is -0.495 e. The normalized spacial score (nSPS) is 11.1. The second-order valence-electron chi connectivity index (χ2n) is 4.66. The fourth-order valence-corrected chi connectivity index (χ4v) is 3.44. The number of methoxy groups -OCH3 is 1. The first-order valence-corrected chi connectivity index (χ1v) is 8.22. The number of benzene rings is 2. The molecule has 0 heterocycles. The number of nitro groups is 1. The van der Waals surface area contributed by atoms with Gasteiger partial charge in [0.25, 0.3) is 15.7 Å². The van der Waals surface area contributed by atoms with Crippen LogP contribution in [0.2, 0.25) is 5.02 Å². The number of ether oxygens (including phenoxy) is 1. The average molecular weight is 357 g/mol. The SMILES string of the molecule is COc1cc([N+](=O)[O-])ccc1S(=O)(=O)Nc1ccc(Cl)cc1C. The molecule has 0 spiro atoms. The Hall–Kier alpha value is -2.32. The van der Waals surface area contributed by atoms with Gasteiger partial charge in [-0.05, 0) is 36.8 Å². The Morgan fingerprint density at radius 1 is 1.22 bits per heavy atom. The molecule has 0 aromatic heterocycles. The lowest BCUT2D eigenvalue weighted by molar-refractivity contribution is -0.385. The van der Waals surface area contributed by atoms with Gasteiger partial charge in [0, 0.05) is 11.1 Å². The Balaban J connectivity index is 2.45. The topological polar surface area (TPSA) is 98.5 Å². The summed E-state index contributed by atoms with van der Waals surface area (Å²) in [4.78, 5) is 9.95. The quantitative estimate of drug-likeness (QED) is 0.654. The molecule has 0 saturated carbocycles. The van der Waals surface area contributed by atoms with Crippen molar-refractivity contribution in [2.45, 2.75) is 11.8 Å². The zero-order valence-corrected chi connectivity index (χ0v) is 13.8. The number of halogens is 1. The molecule has 2 aromatic carbocycles. The number of non-ortho nitro benzene ring substituents is 1. The van der Waals surface area contributed by atoms with E-state index in [1.807, 2.05) is 0 Å². The van der Waals surface area contributed by atoms with Crippen molar-refractivity contribution in [3.63, 3.8) is 0 Å². The highest BCUT2D eigenvalue weighted by atomic mass is 35.5. The van der Waals surface area contributed by atoms with Crippen LogP contribution < -0.4 is 9.46 Å². The average Bonchev–Trinajstić information content (AvgIpc) is 2.49. The van der Waals surface area contributed by atoms with E-state index in [1.165, 1.54) is 13.2 Å². The molecule has 9 heteroatoms. The van der Waals surface area contributed by atoms with Crippen molar-refractivity contribution < 1.29 is 18.1 Å². The monoisotopic (exact) mass is 356 g/mol. The van der Waals surface area contributed by atoms with Gasteiger partial charge in [-0.1, -0.05) is 11.6 Å². The van der Waals surface area contributed by atoms with Crippen LogP contribution in [0.5, 0.6) is 5.75 Å². The number of hydrogen-bond acceptors (Lipinski definition) is 5. The van der Waals surface area contributed by atoms with Gasteiger partial charge in [0.1, 0.15) is 10.6 Å².